The molecule has 4 heteroatoms. The van der Waals surface area contributed by atoms with Crippen LogP contribution in [0, 0.1) is 5.92 Å². The molecule has 0 saturated carbocycles. The Balaban J connectivity index is 2.46. The molecular weight excluding hydrogens is 180 g/mol. The first-order chi connectivity index (χ1) is 6.49. The average molecular weight is 200 g/mol. The van der Waals surface area contributed by atoms with Crippen LogP contribution < -0.4 is 5.73 Å². The van der Waals surface area contributed by atoms with Gasteiger partial charge in [0.25, 0.3) is 0 Å². The molecule has 0 spiro atoms. The Kier molecular flexibility index (Phi) is 3.75. The van der Waals surface area contributed by atoms with Gasteiger partial charge < -0.3 is 15.4 Å². The minimum absolute atomic E-state index is 0.0593. The number of nitrogens with zero attached hydrogens (tertiary/aromatic N) is 1. The quantitative estimate of drug-likeness (QED) is 0.692. The molecule has 1 heterocycles. The molecule has 2 N–H and O–H groups in total. The Labute approximate surface area is 85.4 Å². The van der Waals surface area contributed by atoms with Crippen molar-refractivity contribution in [1.29, 1.82) is 0 Å². The molecule has 1 amide bonds. The zero-order valence-corrected chi connectivity index (χ0v) is 9.19. The standard InChI is InChI=1S/C10H20N2O2/c1-7(2)14-10(13)12-5-8(3)4-9(11)6-12/h7-9H,4-6,11H2,1-3H3. The van der Waals surface area contributed by atoms with Crippen LogP contribution in [0.3, 0.4) is 0 Å². The van der Waals surface area contributed by atoms with E-state index < -0.39 is 0 Å². The summed E-state index contributed by atoms with van der Waals surface area (Å²) in [7, 11) is 0. The number of amides is 1. The molecule has 2 unspecified atom stereocenters. The summed E-state index contributed by atoms with van der Waals surface area (Å²) in [6.07, 6.45) is 0.698. The lowest BCUT2D eigenvalue weighted by Gasteiger charge is -2.34. The summed E-state index contributed by atoms with van der Waals surface area (Å²) < 4.78 is 5.12. The van der Waals surface area contributed by atoms with Crippen molar-refractivity contribution in [3.63, 3.8) is 0 Å². The van der Waals surface area contributed by atoms with Crippen LogP contribution in [0.25, 0.3) is 0 Å². The van der Waals surface area contributed by atoms with Crippen LogP contribution in [0.4, 0.5) is 4.79 Å². The van der Waals surface area contributed by atoms with Gasteiger partial charge in [-0.05, 0) is 26.2 Å². The van der Waals surface area contributed by atoms with Gasteiger partial charge in [0, 0.05) is 19.1 Å². The average Bonchev–Trinajstić information content (AvgIpc) is 2.00. The predicted molar refractivity (Wildman–Crippen MR) is 54.9 cm³/mol. The summed E-state index contributed by atoms with van der Waals surface area (Å²) in [6.45, 7) is 7.19. The smallest absolute Gasteiger partial charge is 0.410 e. The summed E-state index contributed by atoms with van der Waals surface area (Å²) in [5, 5.41) is 0. The third-order valence-corrected chi connectivity index (χ3v) is 2.29. The third kappa shape index (κ3) is 3.18. The van der Waals surface area contributed by atoms with Crippen LogP contribution in [0.2, 0.25) is 0 Å². The molecule has 0 bridgehead atoms. The van der Waals surface area contributed by atoms with Crippen LogP contribution in [0.15, 0.2) is 0 Å². The summed E-state index contributed by atoms with van der Waals surface area (Å²) >= 11 is 0. The lowest BCUT2D eigenvalue weighted by Crippen LogP contribution is -2.49. The monoisotopic (exact) mass is 200 g/mol. The molecule has 82 valence electrons. The highest BCUT2D eigenvalue weighted by atomic mass is 16.6. The maximum atomic E-state index is 11.5. The van der Waals surface area contributed by atoms with E-state index in [-0.39, 0.29) is 18.2 Å². The van der Waals surface area contributed by atoms with Gasteiger partial charge in [0.15, 0.2) is 0 Å². The molecule has 4 nitrogen and oxygen atoms in total. The minimum Gasteiger partial charge on any atom is -0.447 e. The molecule has 14 heavy (non-hydrogen) atoms. The first-order valence-corrected chi connectivity index (χ1v) is 5.20. The Morgan fingerprint density at radius 1 is 1.50 bits per heavy atom. The first kappa shape index (κ1) is 11.3. The van der Waals surface area contributed by atoms with E-state index in [2.05, 4.69) is 6.92 Å². The van der Waals surface area contributed by atoms with Gasteiger partial charge in [-0.15, -0.1) is 0 Å². The van der Waals surface area contributed by atoms with Crippen molar-refractivity contribution in [3.05, 3.63) is 0 Å². The van der Waals surface area contributed by atoms with E-state index in [4.69, 9.17) is 10.5 Å². The van der Waals surface area contributed by atoms with E-state index in [1.165, 1.54) is 0 Å². The van der Waals surface area contributed by atoms with Gasteiger partial charge in [0.1, 0.15) is 0 Å². The van der Waals surface area contributed by atoms with Crippen molar-refractivity contribution in [1.82, 2.24) is 4.90 Å². The number of carbonyl (C=O) groups excluding carboxylic acids is 1. The highest BCUT2D eigenvalue weighted by Gasteiger charge is 2.26. The van der Waals surface area contributed by atoms with Crippen molar-refractivity contribution in [2.24, 2.45) is 11.7 Å². The zero-order chi connectivity index (χ0) is 10.7. The van der Waals surface area contributed by atoms with Gasteiger partial charge >= 0.3 is 6.09 Å². The maximum Gasteiger partial charge on any atom is 0.410 e. The second-order valence-corrected chi connectivity index (χ2v) is 4.44. The van der Waals surface area contributed by atoms with E-state index in [9.17, 15) is 4.79 Å². The Morgan fingerprint density at radius 3 is 2.64 bits per heavy atom. The summed E-state index contributed by atoms with van der Waals surface area (Å²) in [5.74, 6) is 0.471. The molecule has 2 atom stereocenters. The number of hydrogen-bond donors (Lipinski definition) is 1. The zero-order valence-electron chi connectivity index (χ0n) is 9.19. The van der Waals surface area contributed by atoms with E-state index in [0.717, 1.165) is 13.0 Å². The van der Waals surface area contributed by atoms with E-state index in [0.29, 0.717) is 12.5 Å². The molecule has 0 aromatic heterocycles. The predicted octanol–water partition coefficient (Wildman–Crippen LogP) is 1.20. The van der Waals surface area contributed by atoms with Crippen molar-refractivity contribution >= 4 is 6.09 Å². The maximum absolute atomic E-state index is 11.5. The highest BCUT2D eigenvalue weighted by Crippen LogP contribution is 2.15. The van der Waals surface area contributed by atoms with Gasteiger partial charge in [-0.2, -0.15) is 0 Å². The largest absolute Gasteiger partial charge is 0.447 e. The molecule has 1 fully saturated rings. The van der Waals surface area contributed by atoms with Gasteiger partial charge in [-0.1, -0.05) is 6.92 Å². The molecule has 0 aromatic rings. The fraction of sp³-hybridized carbons (Fsp3) is 0.900. The fourth-order valence-electron chi connectivity index (χ4n) is 1.82. The number of piperidine rings is 1. The van der Waals surface area contributed by atoms with E-state index in [1.54, 1.807) is 4.90 Å². The Bertz CT molecular complexity index is 196. The SMILES string of the molecule is CC1CC(N)CN(C(=O)OC(C)C)C1. The second-order valence-electron chi connectivity index (χ2n) is 4.44. The molecule has 0 radical (unpaired) electrons. The van der Waals surface area contributed by atoms with Crippen LogP contribution >= 0.6 is 0 Å². The number of ether oxygens (including phenoxy) is 1. The molecular formula is C10H20N2O2. The fourth-order valence-corrected chi connectivity index (χ4v) is 1.82. The normalized spacial score (nSPS) is 27.9. The molecule has 1 aliphatic heterocycles. The third-order valence-electron chi connectivity index (χ3n) is 2.29. The van der Waals surface area contributed by atoms with Crippen LogP contribution in [-0.4, -0.2) is 36.2 Å². The van der Waals surface area contributed by atoms with Gasteiger partial charge in [-0.3, -0.25) is 0 Å². The lowest BCUT2D eigenvalue weighted by molar-refractivity contribution is 0.0606. The number of likely N-dealkylation sites (tertiary alicyclic amines) is 1. The summed E-state index contributed by atoms with van der Waals surface area (Å²) in [5.41, 5.74) is 5.83. The molecule has 0 aliphatic carbocycles. The number of carbonyl (C=O) groups is 1. The Morgan fingerprint density at radius 2 is 2.14 bits per heavy atom. The first-order valence-electron chi connectivity index (χ1n) is 5.20. The van der Waals surface area contributed by atoms with Crippen molar-refractivity contribution in [2.75, 3.05) is 13.1 Å². The van der Waals surface area contributed by atoms with Crippen molar-refractivity contribution in [3.8, 4) is 0 Å². The number of nitrogens with two attached hydrogens (primary N) is 1. The lowest BCUT2D eigenvalue weighted by atomic mass is 9.97. The van der Waals surface area contributed by atoms with Crippen LogP contribution in [0.1, 0.15) is 27.2 Å². The van der Waals surface area contributed by atoms with Gasteiger partial charge in [0.2, 0.25) is 0 Å². The van der Waals surface area contributed by atoms with Crippen LogP contribution in [-0.2, 0) is 4.74 Å². The Hall–Kier alpha value is -0.770. The van der Waals surface area contributed by atoms with E-state index >= 15 is 0 Å². The number of rotatable bonds is 1. The second kappa shape index (κ2) is 4.64. The van der Waals surface area contributed by atoms with Crippen molar-refractivity contribution < 1.29 is 9.53 Å². The molecule has 1 aliphatic rings. The summed E-state index contributed by atoms with van der Waals surface area (Å²) in [4.78, 5) is 13.3. The molecule has 1 saturated heterocycles. The summed E-state index contributed by atoms with van der Waals surface area (Å²) in [6, 6.07) is 0.0958. The van der Waals surface area contributed by atoms with Crippen molar-refractivity contribution in [2.45, 2.75) is 39.3 Å². The minimum atomic E-state index is -0.234. The van der Waals surface area contributed by atoms with Gasteiger partial charge in [0.05, 0.1) is 6.10 Å². The highest BCUT2D eigenvalue weighted by molar-refractivity contribution is 5.68. The van der Waals surface area contributed by atoms with Crippen LogP contribution in [0.5, 0.6) is 0 Å². The molecule has 1 rings (SSSR count). The number of hydrogen-bond acceptors (Lipinski definition) is 3. The molecule has 0 aromatic carbocycles. The van der Waals surface area contributed by atoms with E-state index in [1.807, 2.05) is 13.8 Å². The topological polar surface area (TPSA) is 55.6 Å². The van der Waals surface area contributed by atoms with Gasteiger partial charge in [-0.25, -0.2) is 4.79 Å².